The summed E-state index contributed by atoms with van der Waals surface area (Å²) in [4.78, 5) is 3.46. The minimum absolute atomic E-state index is 0.662. The lowest BCUT2D eigenvalue weighted by Gasteiger charge is -2.27. The first-order chi connectivity index (χ1) is 13.4. The van der Waals surface area contributed by atoms with Crippen LogP contribution in [0.2, 0.25) is 0 Å². The van der Waals surface area contributed by atoms with Gasteiger partial charge < -0.3 is 9.64 Å². The fourth-order valence-corrected chi connectivity index (χ4v) is 4.66. The molecule has 0 saturated carbocycles. The van der Waals surface area contributed by atoms with Gasteiger partial charge in [-0.3, -0.25) is 0 Å². The summed E-state index contributed by atoms with van der Waals surface area (Å²) < 4.78 is 5.49. The van der Waals surface area contributed by atoms with Crippen LogP contribution in [0.5, 0.6) is 0 Å². The summed E-state index contributed by atoms with van der Waals surface area (Å²) in [6.07, 6.45) is 0.843. The van der Waals surface area contributed by atoms with Gasteiger partial charge in [0.2, 0.25) is 5.82 Å². The van der Waals surface area contributed by atoms with Gasteiger partial charge in [-0.25, -0.2) is 0 Å². The number of morpholine rings is 1. The average molecular weight is 377 g/mol. The first-order valence-electron chi connectivity index (χ1n) is 9.04. The molecule has 0 bridgehead atoms. The molecule has 0 spiro atoms. The van der Waals surface area contributed by atoms with Crippen molar-refractivity contribution in [2.75, 3.05) is 31.2 Å². The van der Waals surface area contributed by atoms with E-state index in [4.69, 9.17) is 4.74 Å². The smallest absolute Gasteiger partial charge is 0.214 e. The number of fused-ring (bicyclic) bond motifs is 1. The Kier molecular flexibility index (Phi) is 4.31. The summed E-state index contributed by atoms with van der Waals surface area (Å²) in [5.41, 5.74) is 2.52. The van der Waals surface area contributed by atoms with Crippen molar-refractivity contribution >= 4 is 27.1 Å². The van der Waals surface area contributed by atoms with Crippen LogP contribution in [-0.4, -0.2) is 46.9 Å². The van der Waals surface area contributed by atoms with E-state index in [1.54, 1.807) is 11.3 Å². The van der Waals surface area contributed by atoms with Gasteiger partial charge in [0, 0.05) is 13.1 Å². The van der Waals surface area contributed by atoms with Crippen molar-refractivity contribution in [1.82, 2.24) is 20.6 Å². The van der Waals surface area contributed by atoms with Crippen LogP contribution in [0.25, 0.3) is 21.5 Å². The van der Waals surface area contributed by atoms with Gasteiger partial charge in [0.05, 0.1) is 23.1 Å². The van der Waals surface area contributed by atoms with Crippen LogP contribution in [0, 0.1) is 0 Å². The van der Waals surface area contributed by atoms with Gasteiger partial charge in [-0.05, 0) is 39.6 Å². The number of ether oxygens (including phenoxy) is 1. The summed E-state index contributed by atoms with van der Waals surface area (Å²) >= 11 is 1.73. The zero-order chi connectivity index (χ0) is 18.1. The van der Waals surface area contributed by atoms with Crippen LogP contribution in [0.3, 0.4) is 0 Å². The number of tetrazole rings is 1. The van der Waals surface area contributed by atoms with Crippen LogP contribution >= 0.6 is 11.3 Å². The molecular formula is C20H19N5OS. The number of rotatable bonds is 4. The standard InChI is InChI=1S/C20H19N5OS/c1-2-4-16-11-14(5-6-15(16)3-1)12-17-13-18(25-7-9-26-10-8-25)27-19(17)20-21-23-24-22-20/h1-6,11,13H,7-10,12H2,(H,21,22,23,24). The number of H-pyrrole nitrogens is 1. The molecule has 2 aromatic carbocycles. The number of anilines is 1. The molecule has 1 N–H and O–H groups in total. The van der Waals surface area contributed by atoms with Crippen molar-refractivity contribution in [3.8, 4) is 10.7 Å². The van der Waals surface area contributed by atoms with E-state index in [9.17, 15) is 0 Å². The normalized spacial score (nSPS) is 14.7. The summed E-state index contributed by atoms with van der Waals surface area (Å²) in [7, 11) is 0. The Morgan fingerprint density at radius 1 is 1.04 bits per heavy atom. The van der Waals surface area contributed by atoms with Gasteiger partial charge in [-0.1, -0.05) is 42.5 Å². The molecule has 6 nitrogen and oxygen atoms in total. The molecule has 1 fully saturated rings. The molecule has 2 aromatic heterocycles. The lowest BCUT2D eigenvalue weighted by Crippen LogP contribution is -2.35. The SMILES string of the molecule is c1ccc2cc(Cc3cc(N4CCOCC4)sc3-c3nn[nH]n3)ccc2c1. The van der Waals surface area contributed by atoms with Crippen molar-refractivity contribution in [3.05, 3.63) is 59.7 Å². The molecular weight excluding hydrogens is 358 g/mol. The number of aromatic amines is 1. The summed E-state index contributed by atoms with van der Waals surface area (Å²) in [5, 5.41) is 18.5. The lowest BCUT2D eigenvalue weighted by molar-refractivity contribution is 0.123. The molecule has 1 saturated heterocycles. The van der Waals surface area contributed by atoms with E-state index in [1.807, 2.05) is 0 Å². The molecule has 27 heavy (non-hydrogen) atoms. The monoisotopic (exact) mass is 377 g/mol. The lowest BCUT2D eigenvalue weighted by atomic mass is 10.0. The van der Waals surface area contributed by atoms with Crippen molar-refractivity contribution < 1.29 is 4.74 Å². The van der Waals surface area contributed by atoms with E-state index < -0.39 is 0 Å². The minimum atomic E-state index is 0.662. The maximum atomic E-state index is 5.49. The third-order valence-corrected chi connectivity index (χ3v) is 6.11. The molecule has 0 atom stereocenters. The number of aromatic nitrogens is 4. The Hall–Kier alpha value is -2.77. The highest BCUT2D eigenvalue weighted by Crippen LogP contribution is 2.37. The highest BCUT2D eigenvalue weighted by atomic mass is 32.1. The second-order valence-electron chi connectivity index (χ2n) is 6.63. The molecule has 4 aromatic rings. The molecule has 0 aliphatic carbocycles. The van der Waals surface area contributed by atoms with E-state index in [1.165, 1.54) is 26.9 Å². The van der Waals surface area contributed by atoms with Crippen LogP contribution < -0.4 is 4.90 Å². The summed E-state index contributed by atoms with van der Waals surface area (Å²) in [5.74, 6) is 0.662. The van der Waals surface area contributed by atoms with Gasteiger partial charge >= 0.3 is 0 Å². The van der Waals surface area contributed by atoms with Crippen LogP contribution in [0.1, 0.15) is 11.1 Å². The molecule has 7 heteroatoms. The van der Waals surface area contributed by atoms with Gasteiger partial charge in [-0.15, -0.1) is 21.5 Å². The number of hydrogen-bond acceptors (Lipinski definition) is 6. The van der Waals surface area contributed by atoms with E-state index >= 15 is 0 Å². The fourth-order valence-electron chi connectivity index (χ4n) is 3.50. The average Bonchev–Trinajstić information content (AvgIpc) is 3.38. The Labute approximate surface area is 160 Å². The predicted octanol–water partition coefficient (Wildman–Crippen LogP) is 3.51. The summed E-state index contributed by atoms with van der Waals surface area (Å²) in [6.45, 7) is 3.38. The second kappa shape index (κ2) is 7.09. The second-order valence-corrected chi connectivity index (χ2v) is 7.66. The topological polar surface area (TPSA) is 66.9 Å². The Morgan fingerprint density at radius 3 is 2.70 bits per heavy atom. The Morgan fingerprint density at radius 2 is 1.89 bits per heavy atom. The molecule has 136 valence electrons. The number of nitrogens with one attached hydrogen (secondary N) is 1. The largest absolute Gasteiger partial charge is 0.378 e. The van der Waals surface area contributed by atoms with E-state index in [2.05, 4.69) is 74.1 Å². The molecule has 1 aliphatic rings. The summed E-state index contributed by atoms with van der Waals surface area (Å²) in [6, 6.07) is 17.4. The molecule has 0 unspecified atom stereocenters. The first kappa shape index (κ1) is 16.4. The maximum absolute atomic E-state index is 5.49. The minimum Gasteiger partial charge on any atom is -0.378 e. The zero-order valence-corrected chi connectivity index (χ0v) is 15.6. The molecule has 5 rings (SSSR count). The van der Waals surface area contributed by atoms with E-state index in [0.717, 1.165) is 37.6 Å². The maximum Gasteiger partial charge on any atom is 0.214 e. The van der Waals surface area contributed by atoms with Crippen molar-refractivity contribution in [1.29, 1.82) is 0 Å². The van der Waals surface area contributed by atoms with Gasteiger partial charge in [0.15, 0.2) is 0 Å². The van der Waals surface area contributed by atoms with Gasteiger partial charge in [0.1, 0.15) is 0 Å². The van der Waals surface area contributed by atoms with Gasteiger partial charge in [-0.2, -0.15) is 5.21 Å². The Bertz CT molecular complexity index is 1050. The van der Waals surface area contributed by atoms with E-state index in [0.29, 0.717) is 5.82 Å². The number of nitrogens with zero attached hydrogens (tertiary/aromatic N) is 4. The molecule has 0 radical (unpaired) electrons. The fraction of sp³-hybridized carbons (Fsp3) is 0.250. The quantitative estimate of drug-likeness (QED) is 0.589. The molecule has 1 aliphatic heterocycles. The zero-order valence-electron chi connectivity index (χ0n) is 14.8. The highest BCUT2D eigenvalue weighted by molar-refractivity contribution is 7.19. The number of hydrogen-bond donors (Lipinski definition) is 1. The highest BCUT2D eigenvalue weighted by Gasteiger charge is 2.20. The number of benzene rings is 2. The van der Waals surface area contributed by atoms with Gasteiger partial charge in [0.25, 0.3) is 0 Å². The molecule has 3 heterocycles. The van der Waals surface area contributed by atoms with Crippen LogP contribution in [0.4, 0.5) is 5.00 Å². The van der Waals surface area contributed by atoms with Crippen molar-refractivity contribution in [2.45, 2.75) is 6.42 Å². The van der Waals surface area contributed by atoms with Crippen LogP contribution in [0.15, 0.2) is 48.5 Å². The predicted molar refractivity (Wildman–Crippen MR) is 107 cm³/mol. The van der Waals surface area contributed by atoms with Crippen molar-refractivity contribution in [2.24, 2.45) is 0 Å². The first-order valence-corrected chi connectivity index (χ1v) is 9.85. The third-order valence-electron chi connectivity index (χ3n) is 4.88. The third kappa shape index (κ3) is 3.31. The Balaban J connectivity index is 1.52. The van der Waals surface area contributed by atoms with Crippen molar-refractivity contribution in [3.63, 3.8) is 0 Å². The molecule has 0 amide bonds. The number of thiophene rings is 1. The van der Waals surface area contributed by atoms with Crippen LogP contribution in [-0.2, 0) is 11.2 Å². The van der Waals surface area contributed by atoms with E-state index in [-0.39, 0.29) is 0 Å².